The van der Waals surface area contributed by atoms with Gasteiger partial charge in [0, 0.05) is 25.6 Å². The highest BCUT2D eigenvalue weighted by atomic mass is 16.2. The monoisotopic (exact) mass is 330 g/mol. The molecule has 24 heavy (non-hydrogen) atoms. The molecule has 2 aromatic rings. The summed E-state index contributed by atoms with van der Waals surface area (Å²) >= 11 is 0. The Balaban J connectivity index is 1.73. The fourth-order valence-electron chi connectivity index (χ4n) is 3.14. The van der Waals surface area contributed by atoms with Gasteiger partial charge in [-0.25, -0.2) is 4.79 Å². The van der Waals surface area contributed by atoms with Gasteiger partial charge in [-0.05, 0) is 31.0 Å². The number of aryl methyl sites for hydroxylation is 1. The van der Waals surface area contributed by atoms with E-state index >= 15 is 0 Å². The molecule has 1 aromatic heterocycles. The summed E-state index contributed by atoms with van der Waals surface area (Å²) in [5.74, 6) is 0.351. The van der Waals surface area contributed by atoms with Crippen LogP contribution in [0.4, 0.5) is 0 Å². The number of piperidine rings is 1. The number of rotatable bonds is 4. The molecule has 0 radical (unpaired) electrons. The van der Waals surface area contributed by atoms with E-state index in [1.165, 1.54) is 4.57 Å². The summed E-state index contributed by atoms with van der Waals surface area (Å²) in [7, 11) is 0. The molecular weight excluding hydrogens is 308 g/mol. The fourth-order valence-corrected chi connectivity index (χ4v) is 3.14. The van der Waals surface area contributed by atoms with Crippen LogP contribution < -0.4 is 21.9 Å². The zero-order valence-electron chi connectivity index (χ0n) is 13.7. The largest absolute Gasteiger partial charge is 0.352 e. The lowest BCUT2D eigenvalue weighted by Gasteiger charge is -2.30. The minimum atomic E-state index is -0.487. The van der Waals surface area contributed by atoms with Crippen LogP contribution in [0, 0.1) is 5.92 Å². The van der Waals surface area contributed by atoms with E-state index in [9.17, 15) is 14.4 Å². The van der Waals surface area contributed by atoms with E-state index in [2.05, 4.69) is 22.5 Å². The second kappa shape index (κ2) is 7.00. The maximum absolute atomic E-state index is 12.2. The topological polar surface area (TPSA) is 96.0 Å². The lowest BCUT2D eigenvalue weighted by atomic mass is 9.95. The summed E-state index contributed by atoms with van der Waals surface area (Å²) in [6, 6.07) is 7.02. The average Bonchev–Trinajstić information content (AvgIpc) is 2.57. The van der Waals surface area contributed by atoms with E-state index in [-0.39, 0.29) is 24.9 Å². The zero-order valence-corrected chi connectivity index (χ0v) is 13.7. The van der Waals surface area contributed by atoms with Crippen LogP contribution in [-0.4, -0.2) is 34.6 Å². The Labute approximate surface area is 139 Å². The van der Waals surface area contributed by atoms with E-state index in [4.69, 9.17) is 0 Å². The number of H-pyrrole nitrogens is 1. The molecule has 1 aromatic carbocycles. The maximum Gasteiger partial charge on any atom is 0.328 e. The van der Waals surface area contributed by atoms with Crippen LogP contribution in [0.5, 0.6) is 0 Å². The first-order valence-corrected chi connectivity index (χ1v) is 8.28. The molecule has 1 aliphatic rings. The fraction of sp³-hybridized carbons (Fsp3) is 0.471. The predicted octanol–water partition coefficient (Wildman–Crippen LogP) is 0.194. The number of carbonyl (C=O) groups excluding carboxylic acids is 1. The number of nitrogens with one attached hydrogen (secondary N) is 3. The number of hydrogen-bond donors (Lipinski definition) is 3. The Morgan fingerprint density at radius 3 is 2.92 bits per heavy atom. The number of carbonyl (C=O) groups is 1. The Morgan fingerprint density at radius 1 is 1.33 bits per heavy atom. The van der Waals surface area contributed by atoms with Crippen LogP contribution in [0.25, 0.3) is 10.9 Å². The number of aromatic nitrogens is 2. The predicted molar refractivity (Wildman–Crippen MR) is 92.0 cm³/mol. The third-order valence-corrected chi connectivity index (χ3v) is 4.64. The van der Waals surface area contributed by atoms with Crippen molar-refractivity contribution in [3.05, 3.63) is 45.1 Å². The molecule has 2 atom stereocenters. The number of hydrogen-bond acceptors (Lipinski definition) is 4. The van der Waals surface area contributed by atoms with E-state index in [0.717, 1.165) is 19.5 Å². The van der Waals surface area contributed by atoms with E-state index in [1.807, 2.05) is 0 Å². The lowest BCUT2D eigenvalue weighted by Crippen LogP contribution is -2.50. The van der Waals surface area contributed by atoms with Crippen molar-refractivity contribution in [2.45, 2.75) is 32.4 Å². The SMILES string of the molecule is CC1CCNCC1NC(=O)CCn1c(=O)[nH]c(=O)c2ccccc21. The van der Waals surface area contributed by atoms with Crippen molar-refractivity contribution in [3.63, 3.8) is 0 Å². The molecular formula is C17H22N4O3. The van der Waals surface area contributed by atoms with Crippen molar-refractivity contribution in [3.8, 4) is 0 Å². The molecule has 7 nitrogen and oxygen atoms in total. The van der Waals surface area contributed by atoms with Gasteiger partial charge in [-0.3, -0.25) is 19.1 Å². The third-order valence-electron chi connectivity index (χ3n) is 4.64. The minimum absolute atomic E-state index is 0.0854. The first-order valence-electron chi connectivity index (χ1n) is 8.28. The average molecular weight is 330 g/mol. The van der Waals surface area contributed by atoms with Gasteiger partial charge in [-0.2, -0.15) is 0 Å². The number of amides is 1. The van der Waals surface area contributed by atoms with E-state index in [1.54, 1.807) is 24.3 Å². The van der Waals surface area contributed by atoms with Crippen LogP contribution >= 0.6 is 0 Å². The van der Waals surface area contributed by atoms with Gasteiger partial charge in [0.25, 0.3) is 5.56 Å². The molecule has 3 rings (SSSR count). The second-order valence-corrected chi connectivity index (χ2v) is 6.32. The normalized spacial score (nSPS) is 20.9. The van der Waals surface area contributed by atoms with Crippen molar-refractivity contribution in [2.24, 2.45) is 5.92 Å². The maximum atomic E-state index is 12.2. The van der Waals surface area contributed by atoms with Gasteiger partial charge in [-0.15, -0.1) is 0 Å². The molecule has 7 heteroatoms. The molecule has 0 aliphatic carbocycles. The highest BCUT2D eigenvalue weighted by molar-refractivity contribution is 5.79. The van der Waals surface area contributed by atoms with Crippen LogP contribution in [0.3, 0.4) is 0 Å². The van der Waals surface area contributed by atoms with Gasteiger partial charge in [0.2, 0.25) is 5.91 Å². The number of nitrogens with zero attached hydrogens (tertiary/aromatic N) is 1. The molecule has 1 amide bonds. The summed E-state index contributed by atoms with van der Waals surface area (Å²) in [5, 5.41) is 6.75. The number of benzene rings is 1. The van der Waals surface area contributed by atoms with Gasteiger partial charge in [-0.1, -0.05) is 19.1 Å². The van der Waals surface area contributed by atoms with Crippen molar-refractivity contribution in [1.82, 2.24) is 20.2 Å². The van der Waals surface area contributed by atoms with Crippen molar-refractivity contribution in [2.75, 3.05) is 13.1 Å². The number of aromatic amines is 1. The first-order chi connectivity index (χ1) is 11.6. The molecule has 1 saturated heterocycles. The lowest BCUT2D eigenvalue weighted by molar-refractivity contribution is -0.122. The Bertz CT molecular complexity index is 855. The van der Waals surface area contributed by atoms with Crippen LogP contribution in [0.2, 0.25) is 0 Å². The summed E-state index contributed by atoms with van der Waals surface area (Å²) < 4.78 is 1.44. The molecule has 1 aliphatic heterocycles. The smallest absolute Gasteiger partial charge is 0.328 e. The number of para-hydroxylation sites is 1. The zero-order chi connectivity index (χ0) is 17.1. The third kappa shape index (κ3) is 3.41. The van der Waals surface area contributed by atoms with Gasteiger partial charge in [0.05, 0.1) is 10.9 Å². The number of fused-ring (bicyclic) bond motifs is 1. The minimum Gasteiger partial charge on any atom is -0.352 e. The standard InChI is InChI=1S/C17H22N4O3/c1-11-6-8-18-10-13(11)19-15(22)7-9-21-14-5-3-2-4-12(14)16(23)20-17(21)24/h2-5,11,13,18H,6-10H2,1H3,(H,19,22)(H,20,23,24). The molecule has 1 fully saturated rings. The quantitative estimate of drug-likeness (QED) is 0.746. The van der Waals surface area contributed by atoms with Gasteiger partial charge in [0.15, 0.2) is 0 Å². The molecule has 0 bridgehead atoms. The molecule has 128 valence electrons. The van der Waals surface area contributed by atoms with Crippen LogP contribution in [0.1, 0.15) is 19.8 Å². The Hall–Kier alpha value is -2.41. The van der Waals surface area contributed by atoms with Gasteiger partial charge < -0.3 is 10.6 Å². The summed E-state index contributed by atoms with van der Waals surface area (Å²) in [4.78, 5) is 38.4. The van der Waals surface area contributed by atoms with E-state index < -0.39 is 11.2 Å². The second-order valence-electron chi connectivity index (χ2n) is 6.32. The summed E-state index contributed by atoms with van der Waals surface area (Å²) in [6.45, 7) is 4.11. The molecule has 2 unspecified atom stereocenters. The van der Waals surface area contributed by atoms with Crippen molar-refractivity contribution >= 4 is 16.8 Å². The summed E-state index contributed by atoms with van der Waals surface area (Å²) in [5.41, 5.74) is -0.343. The molecule has 3 N–H and O–H groups in total. The highest BCUT2D eigenvalue weighted by Crippen LogP contribution is 2.11. The Kier molecular flexibility index (Phi) is 4.80. The Morgan fingerprint density at radius 2 is 2.12 bits per heavy atom. The molecule has 2 heterocycles. The highest BCUT2D eigenvalue weighted by Gasteiger charge is 2.22. The van der Waals surface area contributed by atoms with Crippen molar-refractivity contribution < 1.29 is 4.79 Å². The summed E-state index contributed by atoms with van der Waals surface area (Å²) in [6.07, 6.45) is 1.23. The molecule has 0 saturated carbocycles. The molecule has 0 spiro atoms. The van der Waals surface area contributed by atoms with Gasteiger partial charge in [0.1, 0.15) is 0 Å². The van der Waals surface area contributed by atoms with Gasteiger partial charge >= 0.3 is 5.69 Å². The first kappa shape index (κ1) is 16.4. The van der Waals surface area contributed by atoms with Crippen LogP contribution in [0.15, 0.2) is 33.9 Å². The van der Waals surface area contributed by atoms with Crippen molar-refractivity contribution in [1.29, 1.82) is 0 Å². The van der Waals surface area contributed by atoms with E-state index in [0.29, 0.717) is 16.8 Å². The van der Waals surface area contributed by atoms with Crippen LogP contribution in [-0.2, 0) is 11.3 Å².